The first-order valence-electron chi connectivity index (χ1n) is 8.43. The van der Waals surface area contributed by atoms with Crippen molar-refractivity contribution in [1.29, 1.82) is 0 Å². The minimum Gasteiger partial charge on any atom is -0.354 e. The summed E-state index contributed by atoms with van der Waals surface area (Å²) in [7, 11) is 0. The summed E-state index contributed by atoms with van der Waals surface area (Å²) in [4.78, 5) is 13.1. The smallest absolute Gasteiger partial charge is 0.124 e. The van der Waals surface area contributed by atoms with Crippen LogP contribution in [0.5, 0.6) is 0 Å². The molecule has 26 heavy (non-hydrogen) atoms. The summed E-state index contributed by atoms with van der Waals surface area (Å²) in [6.07, 6.45) is 0. The Kier molecular flexibility index (Phi) is 2.84. The topological polar surface area (TPSA) is 41.6 Å². The lowest BCUT2D eigenvalue weighted by Crippen LogP contribution is -1.74. The van der Waals surface area contributed by atoms with E-state index < -0.39 is 0 Å². The van der Waals surface area contributed by atoms with Crippen LogP contribution in [0.3, 0.4) is 0 Å². The fourth-order valence-electron chi connectivity index (χ4n) is 3.56. The van der Waals surface area contributed by atoms with Crippen LogP contribution in [0.2, 0.25) is 0 Å². The van der Waals surface area contributed by atoms with Crippen molar-refractivity contribution in [2.24, 2.45) is 0 Å². The summed E-state index contributed by atoms with van der Waals surface area (Å²) in [6, 6.07) is 19.2. The van der Waals surface area contributed by atoms with E-state index in [4.69, 9.17) is 4.98 Å². The molecule has 0 aliphatic heterocycles. The van der Waals surface area contributed by atoms with E-state index in [0.29, 0.717) is 0 Å². The number of aryl methyl sites for hydroxylation is 1. The zero-order valence-corrected chi connectivity index (χ0v) is 15.5. The zero-order valence-electron chi connectivity index (χ0n) is 13.9. The Hall–Kier alpha value is -2.76. The number of hydrogen-bond acceptors (Lipinski definition) is 4. The molecule has 3 nitrogen and oxygen atoms in total. The van der Waals surface area contributed by atoms with Gasteiger partial charge in [-0.2, -0.15) is 0 Å². The van der Waals surface area contributed by atoms with Gasteiger partial charge in [-0.3, -0.25) is 0 Å². The maximum Gasteiger partial charge on any atom is 0.124 e. The molecule has 6 aromatic rings. The van der Waals surface area contributed by atoms with Crippen LogP contribution < -0.4 is 0 Å². The molecule has 3 aromatic heterocycles. The number of rotatable bonds is 1. The highest BCUT2D eigenvalue weighted by molar-refractivity contribution is 7.21. The molecule has 0 aliphatic rings. The second kappa shape index (κ2) is 5.13. The zero-order chi connectivity index (χ0) is 17.3. The molecule has 0 radical (unpaired) electrons. The molecule has 0 fully saturated rings. The number of nitrogens with zero attached hydrogens (tertiary/aromatic N) is 2. The van der Waals surface area contributed by atoms with Crippen molar-refractivity contribution in [3.63, 3.8) is 0 Å². The summed E-state index contributed by atoms with van der Waals surface area (Å²) in [5.74, 6) is 0. The average Bonchev–Trinajstić information content (AvgIpc) is 3.31. The molecular weight excluding hydrogens is 358 g/mol. The Morgan fingerprint density at radius 2 is 1.42 bits per heavy atom. The lowest BCUT2D eigenvalue weighted by atomic mass is 10.1. The highest BCUT2D eigenvalue weighted by Crippen LogP contribution is 2.36. The Balaban J connectivity index is 1.64. The van der Waals surface area contributed by atoms with E-state index in [1.54, 1.807) is 22.7 Å². The predicted octanol–water partition coefficient (Wildman–Crippen LogP) is 6.52. The van der Waals surface area contributed by atoms with Gasteiger partial charge in [0.15, 0.2) is 0 Å². The van der Waals surface area contributed by atoms with Crippen LogP contribution in [0.15, 0.2) is 54.6 Å². The normalized spacial score (nSPS) is 12.0. The van der Waals surface area contributed by atoms with Gasteiger partial charge in [-0.1, -0.05) is 30.3 Å². The molecule has 0 unspecified atom stereocenters. The van der Waals surface area contributed by atoms with Gasteiger partial charge in [0.05, 0.1) is 25.4 Å². The van der Waals surface area contributed by atoms with Crippen LogP contribution >= 0.6 is 22.7 Å². The van der Waals surface area contributed by atoms with Gasteiger partial charge in [0.25, 0.3) is 0 Å². The van der Waals surface area contributed by atoms with Crippen LogP contribution in [0, 0.1) is 6.92 Å². The first-order chi connectivity index (χ1) is 12.7. The van der Waals surface area contributed by atoms with Gasteiger partial charge in [-0.05, 0) is 31.2 Å². The van der Waals surface area contributed by atoms with E-state index in [-0.39, 0.29) is 0 Å². The highest BCUT2D eigenvalue weighted by Gasteiger charge is 2.12. The fraction of sp³-hybridized carbons (Fsp3) is 0.0476. The van der Waals surface area contributed by atoms with E-state index in [9.17, 15) is 0 Å². The summed E-state index contributed by atoms with van der Waals surface area (Å²) in [5.41, 5.74) is 5.62. The Morgan fingerprint density at radius 3 is 2.15 bits per heavy atom. The first kappa shape index (κ1) is 14.4. The molecule has 0 saturated carbocycles. The van der Waals surface area contributed by atoms with Gasteiger partial charge >= 0.3 is 0 Å². The maximum atomic E-state index is 4.88. The third kappa shape index (κ3) is 2.04. The number of H-pyrrole nitrogens is 1. The van der Waals surface area contributed by atoms with Crippen LogP contribution in [0.4, 0.5) is 0 Å². The largest absolute Gasteiger partial charge is 0.354 e. The lowest BCUT2D eigenvalue weighted by Gasteiger charge is -1.93. The van der Waals surface area contributed by atoms with Crippen LogP contribution in [0.25, 0.3) is 52.8 Å². The Morgan fingerprint density at radius 1 is 0.769 bits per heavy atom. The van der Waals surface area contributed by atoms with Crippen molar-refractivity contribution >= 4 is 64.9 Å². The van der Waals surface area contributed by atoms with Crippen molar-refractivity contribution in [2.75, 3.05) is 0 Å². The van der Waals surface area contributed by atoms with E-state index in [2.05, 4.69) is 65.4 Å². The van der Waals surface area contributed by atoms with Crippen molar-refractivity contribution < 1.29 is 0 Å². The van der Waals surface area contributed by atoms with Gasteiger partial charge in [-0.25, -0.2) is 9.97 Å². The van der Waals surface area contributed by atoms with Crippen molar-refractivity contribution in [3.8, 4) is 10.6 Å². The molecule has 6 rings (SSSR count). The Labute approximate surface area is 157 Å². The molecule has 3 heterocycles. The molecule has 3 aromatic carbocycles. The third-order valence-electron chi connectivity index (χ3n) is 4.74. The van der Waals surface area contributed by atoms with Crippen LogP contribution in [0.1, 0.15) is 5.01 Å². The molecule has 5 heteroatoms. The second-order valence-corrected chi connectivity index (χ2v) is 8.74. The number of nitrogens with one attached hydrogen (secondary N) is 1. The third-order valence-corrected chi connectivity index (χ3v) is 6.74. The van der Waals surface area contributed by atoms with Gasteiger partial charge in [0.2, 0.25) is 0 Å². The summed E-state index contributed by atoms with van der Waals surface area (Å²) < 4.78 is 2.44. The fourth-order valence-corrected chi connectivity index (χ4v) is 5.41. The summed E-state index contributed by atoms with van der Waals surface area (Å²) in [5, 5.41) is 4.60. The lowest BCUT2D eigenvalue weighted by molar-refractivity contribution is 1.35. The van der Waals surface area contributed by atoms with E-state index in [1.807, 2.05) is 6.07 Å². The minimum atomic E-state index is 1.05. The van der Waals surface area contributed by atoms with Crippen molar-refractivity contribution in [3.05, 3.63) is 59.6 Å². The summed E-state index contributed by atoms with van der Waals surface area (Å²) >= 11 is 3.48. The van der Waals surface area contributed by atoms with Crippen molar-refractivity contribution in [2.45, 2.75) is 6.92 Å². The SMILES string of the molecule is Cc1nc2cc3c(cc2s1)[nH]c1cc2sc(-c4ccccc4)nc2cc13. The van der Waals surface area contributed by atoms with E-state index in [0.717, 1.165) is 32.1 Å². The van der Waals surface area contributed by atoms with E-state index >= 15 is 0 Å². The molecule has 0 bridgehead atoms. The number of aromatic nitrogens is 3. The van der Waals surface area contributed by atoms with Crippen LogP contribution in [-0.2, 0) is 0 Å². The standard InChI is InChI=1S/C21H13N3S2/c1-11-22-17-7-13-14-8-18-20(10-16(14)23-15(13)9-19(17)25-11)26-21(24-18)12-5-3-2-4-6-12/h2-10,23H,1H3. The number of thiazole rings is 2. The summed E-state index contributed by atoms with van der Waals surface area (Å²) in [6.45, 7) is 2.06. The van der Waals surface area contributed by atoms with Gasteiger partial charge in [-0.15, -0.1) is 22.7 Å². The molecule has 0 aliphatic carbocycles. The average molecular weight is 371 g/mol. The number of hydrogen-bond donors (Lipinski definition) is 1. The van der Waals surface area contributed by atoms with Gasteiger partial charge in [0, 0.05) is 27.4 Å². The quantitative estimate of drug-likeness (QED) is 0.358. The molecule has 1 N–H and O–H groups in total. The Bertz CT molecular complexity index is 1440. The highest BCUT2D eigenvalue weighted by atomic mass is 32.1. The first-order valence-corrected chi connectivity index (χ1v) is 10.1. The maximum absolute atomic E-state index is 4.88. The molecular formula is C21H13N3S2. The van der Waals surface area contributed by atoms with E-state index in [1.165, 1.54) is 25.7 Å². The molecule has 0 saturated heterocycles. The number of fused-ring (bicyclic) bond motifs is 5. The van der Waals surface area contributed by atoms with Crippen LogP contribution in [-0.4, -0.2) is 15.0 Å². The molecule has 0 spiro atoms. The molecule has 0 atom stereocenters. The molecule has 124 valence electrons. The predicted molar refractivity (Wildman–Crippen MR) is 112 cm³/mol. The number of benzene rings is 3. The van der Waals surface area contributed by atoms with Gasteiger partial charge < -0.3 is 4.98 Å². The molecule has 0 amide bonds. The second-order valence-electron chi connectivity index (χ2n) is 6.47. The van der Waals surface area contributed by atoms with Crippen molar-refractivity contribution in [1.82, 2.24) is 15.0 Å². The number of aromatic amines is 1. The van der Waals surface area contributed by atoms with Gasteiger partial charge in [0.1, 0.15) is 5.01 Å². The monoisotopic (exact) mass is 371 g/mol. The minimum absolute atomic E-state index is 1.05.